The zero-order valence-corrected chi connectivity index (χ0v) is 75.3. The molecule has 0 radical (unpaired) electrons. The van der Waals surface area contributed by atoms with E-state index in [0.29, 0.717) is 135 Å². The number of carbonyl (C=O) groups excluding carboxylic acids is 4. The van der Waals surface area contributed by atoms with Crippen LogP contribution in [0.4, 0.5) is 0 Å². The Hall–Kier alpha value is -2.56. The van der Waals surface area contributed by atoms with Crippen molar-refractivity contribution < 1.29 is 94.3 Å². The summed E-state index contributed by atoms with van der Waals surface area (Å²) in [7, 11) is 0. The van der Waals surface area contributed by atoms with E-state index in [1.54, 1.807) is 6.92 Å². The van der Waals surface area contributed by atoms with E-state index in [2.05, 4.69) is 0 Å². The van der Waals surface area contributed by atoms with Gasteiger partial charge < -0.3 is 75.1 Å². The Balaban J connectivity index is 0.000000298. The van der Waals surface area contributed by atoms with E-state index < -0.39 is 108 Å². The van der Waals surface area contributed by atoms with Gasteiger partial charge in [0.25, 0.3) is 0 Å². The largest absolute Gasteiger partial charge is 0.462 e. The van der Waals surface area contributed by atoms with Crippen LogP contribution in [0.2, 0.25) is 0 Å². The third kappa shape index (κ3) is 22.9. The summed E-state index contributed by atoms with van der Waals surface area (Å²) in [6, 6.07) is 0. The fourth-order valence-corrected chi connectivity index (χ4v) is 23.7. The molecule has 0 saturated heterocycles. The van der Waals surface area contributed by atoms with Crippen LogP contribution in [0.15, 0.2) is 0 Å². The second-order valence-corrected chi connectivity index (χ2v) is 42.6. The Kier molecular flexibility index (Phi) is 32.6. The van der Waals surface area contributed by atoms with Crippen LogP contribution in [-0.2, 0) is 38.1 Å². The number of hydrogen-bond acceptors (Lipinski definition) is 19. The second kappa shape index (κ2) is 36.6. The van der Waals surface area contributed by atoms with Gasteiger partial charge in [0, 0.05) is 16.2 Å². The third-order valence-corrected chi connectivity index (χ3v) is 31.4. The van der Waals surface area contributed by atoms with E-state index in [1.807, 2.05) is 187 Å². The molecular weight excluding hydrogens is 1410 g/mol. The smallest absolute Gasteiger partial charge is 0.344 e. The van der Waals surface area contributed by atoms with Crippen LogP contribution < -0.4 is 0 Å². The van der Waals surface area contributed by atoms with Gasteiger partial charge in [-0.2, -0.15) is 0 Å². The van der Waals surface area contributed by atoms with Crippen molar-refractivity contribution >= 4 is 23.9 Å². The summed E-state index contributed by atoms with van der Waals surface area (Å²) >= 11 is 0. The lowest BCUT2D eigenvalue weighted by molar-refractivity contribution is -0.345. The first-order chi connectivity index (χ1) is 50.4. The number of aliphatic hydroxyl groups is 11. The van der Waals surface area contributed by atoms with Gasteiger partial charge in [0.05, 0.1) is 79.4 Å². The van der Waals surface area contributed by atoms with Gasteiger partial charge in [-0.3, -0.25) is 14.4 Å². The summed E-state index contributed by atoms with van der Waals surface area (Å²) < 4.78 is 24.4. The predicted octanol–water partition coefficient (Wildman–Crippen LogP) is 16.0. The highest BCUT2D eigenvalue weighted by molar-refractivity contribution is 5.78. The molecule has 0 aromatic heterocycles. The normalized spacial score (nSPS) is 32.8. The van der Waals surface area contributed by atoms with Crippen LogP contribution in [0.1, 0.15) is 367 Å². The van der Waals surface area contributed by atoms with Gasteiger partial charge in [-0.1, -0.05) is 83.1 Å². The summed E-state index contributed by atoms with van der Waals surface area (Å²) in [5.41, 5.74) is -13.4. The Bertz CT molecular complexity index is 2720. The van der Waals surface area contributed by atoms with Crippen LogP contribution in [-0.4, -0.2) is 166 Å². The molecule has 111 heavy (non-hydrogen) atoms. The minimum Gasteiger partial charge on any atom is -0.462 e. The van der Waals surface area contributed by atoms with Crippen molar-refractivity contribution in [1.82, 2.24) is 0 Å². The first-order valence-electron chi connectivity index (χ1n) is 44.2. The van der Waals surface area contributed by atoms with Crippen LogP contribution in [0.25, 0.3) is 0 Å². The summed E-state index contributed by atoms with van der Waals surface area (Å²) in [6.45, 7) is 52.2. The zero-order chi connectivity index (χ0) is 85.3. The molecule has 8 rings (SSSR count). The SMILES string of the molecule is CCC(C)C(=O)OC(C1CC(C(C)(C)O)CC(C(C)(C)O)C1)C1CC(C(C)(C)O)CC(C(C)(C)O)C1.CCC(C)C(=O)OC(C1CCC(C(C)(C)O)C(C(C)(C)O)C1)C1CCC(C(C)(C)O)C(C(C)(C)O)C1.CCC(C)C(=O)OCC(=O)OC12CC3(C(O)(CC)CC)CC(C(O)(CC)CC)(C1)CC(C(O)(CC)CC)(C2)C3. The monoisotopic (exact) mass is 1580 g/mol. The molecule has 8 fully saturated rings. The molecule has 8 aliphatic rings. The quantitative estimate of drug-likeness (QED) is 0.0220. The van der Waals surface area contributed by atoms with E-state index in [-0.39, 0.29) is 107 Å². The molecule has 4 bridgehead atoms. The van der Waals surface area contributed by atoms with Crippen LogP contribution >= 0.6 is 0 Å². The minimum atomic E-state index is -1.03. The molecule has 8 saturated carbocycles. The third-order valence-electron chi connectivity index (χ3n) is 31.4. The van der Waals surface area contributed by atoms with Crippen LogP contribution in [0.3, 0.4) is 0 Å². The lowest BCUT2D eigenvalue weighted by Crippen LogP contribution is -2.77. The van der Waals surface area contributed by atoms with E-state index >= 15 is 0 Å². The van der Waals surface area contributed by atoms with Crippen molar-refractivity contribution in [3.05, 3.63) is 0 Å². The van der Waals surface area contributed by atoms with Crippen LogP contribution in [0.5, 0.6) is 0 Å². The Morgan fingerprint density at radius 1 is 0.324 bits per heavy atom. The number of ether oxygens (including phenoxy) is 4. The fraction of sp³-hybridized carbons (Fsp3) is 0.957. The first-order valence-corrected chi connectivity index (χ1v) is 44.2. The summed E-state index contributed by atoms with van der Waals surface area (Å²) in [4.78, 5) is 51.9. The number of rotatable bonds is 32. The number of hydrogen-bond donors (Lipinski definition) is 11. The molecule has 13 unspecified atom stereocenters. The molecular formula is C92H168O19. The van der Waals surface area contributed by atoms with Gasteiger partial charge in [0.15, 0.2) is 6.61 Å². The van der Waals surface area contributed by atoms with Crippen molar-refractivity contribution in [2.24, 2.45) is 105 Å². The number of carbonyl (C=O) groups is 4. The topological polar surface area (TPSA) is 328 Å². The van der Waals surface area contributed by atoms with E-state index in [9.17, 15) is 75.3 Å². The Labute approximate surface area is 673 Å². The molecule has 0 aromatic carbocycles. The molecule has 650 valence electrons. The fourth-order valence-electron chi connectivity index (χ4n) is 23.7. The first kappa shape index (κ1) is 99.0. The minimum absolute atomic E-state index is 0.0207. The molecule has 19 heteroatoms. The number of esters is 4. The Morgan fingerprint density at radius 3 is 0.811 bits per heavy atom. The van der Waals surface area contributed by atoms with E-state index in [1.165, 1.54) is 0 Å². The molecule has 8 aliphatic carbocycles. The lowest BCUT2D eigenvalue weighted by Gasteiger charge is -2.77. The highest BCUT2D eigenvalue weighted by atomic mass is 16.6. The van der Waals surface area contributed by atoms with Crippen molar-refractivity contribution in [1.29, 1.82) is 0 Å². The zero-order valence-electron chi connectivity index (χ0n) is 75.3. The molecule has 13 atom stereocenters. The van der Waals surface area contributed by atoms with Gasteiger partial charge in [0.1, 0.15) is 17.8 Å². The van der Waals surface area contributed by atoms with Gasteiger partial charge >= 0.3 is 23.9 Å². The van der Waals surface area contributed by atoms with Crippen molar-refractivity contribution in [3.8, 4) is 0 Å². The summed E-state index contributed by atoms with van der Waals surface area (Å²) in [6.07, 6.45) is 16.8. The van der Waals surface area contributed by atoms with Gasteiger partial charge in [-0.25, -0.2) is 4.79 Å². The molecule has 0 aromatic rings. The maximum atomic E-state index is 13.3. The second-order valence-electron chi connectivity index (χ2n) is 42.6. The molecule has 0 aliphatic heterocycles. The maximum absolute atomic E-state index is 13.3. The summed E-state index contributed by atoms with van der Waals surface area (Å²) in [5, 5.41) is 125. The van der Waals surface area contributed by atoms with Crippen molar-refractivity contribution in [2.75, 3.05) is 6.61 Å². The molecule has 0 amide bonds. The molecule has 0 spiro atoms. The highest BCUT2D eigenvalue weighted by Gasteiger charge is 2.79. The molecule has 19 nitrogen and oxygen atoms in total. The van der Waals surface area contributed by atoms with Gasteiger partial charge in [-0.05, 0) is 355 Å². The average molecular weight is 1580 g/mol. The molecule has 0 heterocycles. The highest BCUT2D eigenvalue weighted by Crippen LogP contribution is 2.79. The van der Waals surface area contributed by atoms with Gasteiger partial charge in [-0.15, -0.1) is 0 Å². The standard InChI is InChI=1S/C32H56O7.2C30H56O6/c1-9-23(8)25(34)38-16-24(33)39-29-20-26(30(35,10-2)11-3)17-27(21-29,31(36,12-4)13-5)19-28(18-26,22-29)32(37,14-6)15-7;1-11-18(2)26(31)36-25(19-12-21(27(3,4)32)16-22(13-19)28(5,6)33)20-14-23(29(7,8)34)17-24(15-20)30(9,10)35;1-11-18(2)26(31)36-25(19-12-14-21(27(3,4)32)23(16-19)29(7,8)34)20-13-15-22(28(5,6)33)24(17-20)30(9,10)35/h23,35-37H,9-22H2,1-8H3;2*18-25,32-35H,11-17H2,1-10H3. The average Bonchev–Trinajstić information content (AvgIpc) is 0.655. The molecule has 11 N–H and O–H groups in total. The van der Waals surface area contributed by atoms with E-state index in [0.717, 1.165) is 38.5 Å². The summed E-state index contributed by atoms with van der Waals surface area (Å²) in [5.74, 6) is -2.50. The van der Waals surface area contributed by atoms with E-state index in [4.69, 9.17) is 18.9 Å². The van der Waals surface area contributed by atoms with Crippen LogP contribution in [0, 0.1) is 105 Å². The van der Waals surface area contributed by atoms with Crippen molar-refractivity contribution in [3.63, 3.8) is 0 Å². The Morgan fingerprint density at radius 2 is 0.577 bits per heavy atom. The lowest BCUT2D eigenvalue weighted by atomic mass is 9.30. The van der Waals surface area contributed by atoms with Crippen molar-refractivity contribution in [2.45, 2.75) is 447 Å². The van der Waals surface area contributed by atoms with Gasteiger partial charge in [0.2, 0.25) is 0 Å². The predicted molar refractivity (Wildman–Crippen MR) is 437 cm³/mol. The maximum Gasteiger partial charge on any atom is 0.344 e.